The lowest BCUT2D eigenvalue weighted by Crippen LogP contribution is -2.32. The molecule has 3 aliphatic rings. The minimum Gasteiger partial charge on any atom is -0.348 e. The second kappa shape index (κ2) is 12.1. The molecule has 5 aromatic carbocycles. The van der Waals surface area contributed by atoms with Crippen LogP contribution >= 0.6 is 0 Å². The zero-order valence-corrected chi connectivity index (χ0v) is 27.7. The van der Waals surface area contributed by atoms with Crippen LogP contribution in [0.4, 0.5) is 0 Å². The molecule has 5 nitrogen and oxygen atoms in total. The van der Waals surface area contributed by atoms with Crippen molar-refractivity contribution in [2.24, 2.45) is 0 Å². The number of benzene rings is 5. The molecule has 3 unspecified atom stereocenters. The quantitative estimate of drug-likeness (QED) is 0.202. The van der Waals surface area contributed by atoms with Gasteiger partial charge in [-0.3, -0.25) is 5.32 Å². The van der Waals surface area contributed by atoms with Crippen LogP contribution in [-0.2, 0) is 17.6 Å². The molecule has 0 bridgehead atoms. The first kappa shape index (κ1) is 29.3. The average molecular weight is 649 g/mol. The lowest BCUT2D eigenvalue weighted by molar-refractivity contribution is 0.0295. The van der Waals surface area contributed by atoms with E-state index in [0.29, 0.717) is 0 Å². The van der Waals surface area contributed by atoms with Gasteiger partial charge in [0.25, 0.3) is 0 Å². The maximum atomic E-state index is 6.97. The van der Waals surface area contributed by atoms with Crippen LogP contribution in [0, 0.1) is 0 Å². The first-order chi connectivity index (χ1) is 24.8. The molecule has 5 heteroatoms. The Kier molecular flexibility index (Phi) is 7.07. The van der Waals surface area contributed by atoms with Crippen LogP contribution in [0.5, 0.6) is 0 Å². The van der Waals surface area contributed by atoms with Gasteiger partial charge in [-0.15, -0.1) is 0 Å². The zero-order valence-electron chi connectivity index (χ0n) is 27.7. The first-order valence-corrected chi connectivity index (χ1v) is 17.7. The lowest BCUT2D eigenvalue weighted by Gasteiger charge is -2.26. The predicted molar refractivity (Wildman–Crippen MR) is 201 cm³/mol. The summed E-state index contributed by atoms with van der Waals surface area (Å²) in [5.74, 6) is 0.717. The van der Waals surface area contributed by atoms with Gasteiger partial charge in [0.1, 0.15) is 12.3 Å². The zero-order chi connectivity index (χ0) is 33.0. The minimum absolute atomic E-state index is 0.0685. The largest absolute Gasteiger partial charge is 0.348 e. The van der Waals surface area contributed by atoms with E-state index in [9.17, 15) is 0 Å². The monoisotopic (exact) mass is 648 g/mol. The molecule has 10 rings (SSSR count). The Balaban J connectivity index is 1.15. The average Bonchev–Trinajstić information content (AvgIpc) is 3.77. The molecular formula is C45H36N4O. The highest BCUT2D eigenvalue weighted by molar-refractivity contribution is 5.91. The molecule has 1 N–H and O–H groups in total. The Morgan fingerprint density at radius 3 is 2.20 bits per heavy atom. The van der Waals surface area contributed by atoms with Gasteiger partial charge >= 0.3 is 0 Å². The highest BCUT2D eigenvalue weighted by Crippen LogP contribution is 2.47. The molecule has 242 valence electrons. The smallest absolute Gasteiger partial charge is 0.160 e. The van der Waals surface area contributed by atoms with Crippen LogP contribution < -0.4 is 5.32 Å². The normalized spacial score (nSPS) is 19.2. The summed E-state index contributed by atoms with van der Waals surface area (Å²) >= 11 is 0. The summed E-state index contributed by atoms with van der Waals surface area (Å²) in [5, 5.41) is 5.20. The van der Waals surface area contributed by atoms with Gasteiger partial charge in [-0.1, -0.05) is 115 Å². The Morgan fingerprint density at radius 2 is 1.40 bits per heavy atom. The van der Waals surface area contributed by atoms with E-state index in [1.807, 2.05) is 24.3 Å². The van der Waals surface area contributed by atoms with E-state index in [4.69, 9.17) is 14.7 Å². The van der Waals surface area contributed by atoms with Gasteiger partial charge < -0.3 is 9.30 Å². The van der Waals surface area contributed by atoms with Crippen molar-refractivity contribution in [3.05, 3.63) is 167 Å². The summed E-state index contributed by atoms with van der Waals surface area (Å²) in [6, 6.07) is 47.3. The van der Waals surface area contributed by atoms with Gasteiger partial charge in [0.05, 0.1) is 22.6 Å². The number of aryl methyl sites for hydroxylation is 2. The van der Waals surface area contributed by atoms with Gasteiger partial charge in [0.15, 0.2) is 5.82 Å². The van der Waals surface area contributed by atoms with E-state index in [1.165, 1.54) is 38.9 Å². The van der Waals surface area contributed by atoms with Crippen molar-refractivity contribution in [2.75, 3.05) is 0 Å². The highest BCUT2D eigenvalue weighted by atomic mass is 16.5. The van der Waals surface area contributed by atoms with E-state index in [0.717, 1.165) is 65.3 Å². The van der Waals surface area contributed by atoms with E-state index < -0.39 is 0 Å². The number of allylic oxidation sites excluding steroid dienone is 1. The Hall–Kier alpha value is -5.62. The fourth-order valence-electron chi connectivity index (χ4n) is 8.17. The van der Waals surface area contributed by atoms with Crippen LogP contribution in [-0.4, -0.2) is 20.6 Å². The van der Waals surface area contributed by atoms with Crippen molar-refractivity contribution >= 4 is 17.0 Å². The Bertz CT molecular complexity index is 2340. The van der Waals surface area contributed by atoms with Crippen LogP contribution in [0.2, 0.25) is 0 Å². The number of hydrogen-bond donors (Lipinski definition) is 1. The molecule has 3 heterocycles. The molecule has 0 spiro atoms. The molecule has 50 heavy (non-hydrogen) atoms. The fourth-order valence-corrected chi connectivity index (χ4v) is 8.17. The van der Waals surface area contributed by atoms with Gasteiger partial charge in [-0.2, -0.15) is 0 Å². The molecule has 0 saturated carbocycles. The van der Waals surface area contributed by atoms with Crippen molar-refractivity contribution in [1.82, 2.24) is 19.9 Å². The molecule has 2 aromatic heterocycles. The van der Waals surface area contributed by atoms with E-state index in [2.05, 4.69) is 131 Å². The maximum absolute atomic E-state index is 6.97. The molecule has 1 saturated heterocycles. The van der Waals surface area contributed by atoms with E-state index in [1.54, 1.807) is 0 Å². The van der Waals surface area contributed by atoms with Gasteiger partial charge in [0.2, 0.25) is 0 Å². The van der Waals surface area contributed by atoms with Crippen molar-refractivity contribution in [3.63, 3.8) is 0 Å². The summed E-state index contributed by atoms with van der Waals surface area (Å²) in [5.41, 5.74) is 13.9. The lowest BCUT2D eigenvalue weighted by atomic mass is 9.88. The standard InChI is InChI=1S/C45H36N4O/c1-4-13-29(14-5-1)39-28-40(47-44(46-39)30-15-6-2-7-16-30)34-21-12-22-35(25-34)49-41-27-33-20-11-10-19-32(33)26-37(41)36-23-24-38-43(42(36)49)50-45(48-38)31-17-8-3-9-18-31/h1-9,11-18,20-22,25-28,38,43,45,48H,10,19,23-24H2. The molecule has 0 amide bonds. The van der Waals surface area contributed by atoms with Gasteiger partial charge in [0, 0.05) is 33.8 Å². The molecule has 2 aliphatic carbocycles. The molecule has 0 radical (unpaired) electrons. The van der Waals surface area contributed by atoms with Crippen molar-refractivity contribution in [2.45, 2.75) is 44.1 Å². The number of ether oxygens (including phenoxy) is 1. The van der Waals surface area contributed by atoms with Crippen LogP contribution in [0.15, 0.2) is 140 Å². The van der Waals surface area contributed by atoms with E-state index >= 15 is 0 Å². The van der Waals surface area contributed by atoms with E-state index in [-0.39, 0.29) is 18.4 Å². The SMILES string of the molecule is C1=Cc2cc3c(cc2CC1)c1c(n3-c2cccc(-c3cc(-c4ccccc4)nc(-c4ccccc4)n3)c2)C2OC(c3ccccc3)NC2CC1. The van der Waals surface area contributed by atoms with Crippen LogP contribution in [0.3, 0.4) is 0 Å². The fraction of sp³-hybridized carbons (Fsp3) is 0.156. The molecule has 1 aliphatic heterocycles. The highest BCUT2D eigenvalue weighted by Gasteiger charge is 2.43. The Labute approximate surface area is 291 Å². The van der Waals surface area contributed by atoms with Crippen molar-refractivity contribution in [1.29, 1.82) is 0 Å². The summed E-state index contributed by atoms with van der Waals surface area (Å²) in [7, 11) is 0. The predicted octanol–water partition coefficient (Wildman–Crippen LogP) is 10.1. The maximum Gasteiger partial charge on any atom is 0.160 e. The van der Waals surface area contributed by atoms with Gasteiger partial charge in [-0.25, -0.2) is 9.97 Å². The summed E-state index contributed by atoms with van der Waals surface area (Å²) in [4.78, 5) is 10.2. The molecular weight excluding hydrogens is 613 g/mol. The van der Waals surface area contributed by atoms with Crippen molar-refractivity contribution < 1.29 is 4.74 Å². The second-order valence-corrected chi connectivity index (χ2v) is 13.6. The third kappa shape index (κ3) is 5.01. The number of aromatic nitrogens is 3. The first-order valence-electron chi connectivity index (χ1n) is 17.7. The topological polar surface area (TPSA) is 52.0 Å². The van der Waals surface area contributed by atoms with Crippen molar-refractivity contribution in [3.8, 4) is 39.6 Å². The number of fused-ring (bicyclic) bond motifs is 6. The molecule has 7 aromatic rings. The molecule has 3 atom stereocenters. The number of hydrogen-bond acceptors (Lipinski definition) is 4. The van der Waals surface area contributed by atoms with Crippen LogP contribution in [0.1, 0.15) is 53.1 Å². The summed E-state index contributed by atoms with van der Waals surface area (Å²) in [6.07, 6.45) is 8.62. The number of nitrogens with one attached hydrogen (secondary N) is 1. The third-order valence-corrected chi connectivity index (χ3v) is 10.6. The van der Waals surface area contributed by atoms with Crippen LogP contribution in [0.25, 0.3) is 56.6 Å². The third-order valence-electron chi connectivity index (χ3n) is 10.6. The minimum atomic E-state index is -0.139. The second-order valence-electron chi connectivity index (χ2n) is 13.6. The number of nitrogens with zero attached hydrogens (tertiary/aromatic N) is 3. The summed E-state index contributed by atoms with van der Waals surface area (Å²) in [6.45, 7) is 0. The summed E-state index contributed by atoms with van der Waals surface area (Å²) < 4.78 is 9.46. The Morgan fingerprint density at radius 1 is 0.680 bits per heavy atom. The van der Waals surface area contributed by atoms with Gasteiger partial charge in [-0.05, 0) is 78.3 Å². The number of rotatable bonds is 5. The molecule has 1 fully saturated rings.